The van der Waals surface area contributed by atoms with Gasteiger partial charge < -0.3 is 9.72 Å². The summed E-state index contributed by atoms with van der Waals surface area (Å²) in [6, 6.07) is 2.99. The van der Waals surface area contributed by atoms with Crippen molar-refractivity contribution in [2.24, 2.45) is 0 Å². The van der Waals surface area contributed by atoms with Gasteiger partial charge >= 0.3 is 5.97 Å². The van der Waals surface area contributed by atoms with Gasteiger partial charge in [-0.25, -0.2) is 4.79 Å². The average Bonchev–Trinajstić information content (AvgIpc) is 2.08. The molecule has 0 saturated carbocycles. The molecule has 4 heteroatoms. The molecule has 0 unspecified atom stereocenters. The molecule has 0 aliphatic heterocycles. The fourth-order valence-electron chi connectivity index (χ4n) is 0.673. The first-order chi connectivity index (χ1) is 6.11. The Balaban J connectivity index is 2.87. The summed E-state index contributed by atoms with van der Waals surface area (Å²) in [5.74, 6) is -0.618. The van der Waals surface area contributed by atoms with E-state index in [-0.39, 0.29) is 11.3 Å². The Hall–Kier alpha value is -1.84. The molecule has 1 aromatic heterocycles. The van der Waals surface area contributed by atoms with Crippen LogP contribution in [-0.4, -0.2) is 11.0 Å². The number of H-pyrrole nitrogens is 1. The van der Waals surface area contributed by atoms with E-state index in [1.54, 1.807) is 6.07 Å². The zero-order valence-corrected chi connectivity index (χ0v) is 7.16. The number of ether oxygens (including phenoxy) is 1. The molecule has 68 valence electrons. The number of esters is 1. The fraction of sp³-hybridized carbons (Fsp3) is 0.111. The van der Waals surface area contributed by atoms with Crippen LogP contribution in [0, 0.1) is 0 Å². The molecule has 0 spiro atoms. The van der Waals surface area contributed by atoms with Gasteiger partial charge in [-0.2, -0.15) is 0 Å². The molecule has 1 N–H and O–H groups in total. The lowest BCUT2D eigenvalue weighted by atomic mass is 10.3. The lowest BCUT2D eigenvalue weighted by Gasteiger charge is -2.00. The van der Waals surface area contributed by atoms with Gasteiger partial charge in [-0.3, -0.25) is 4.79 Å². The molecule has 1 heterocycles. The van der Waals surface area contributed by atoms with Crippen molar-refractivity contribution in [3.63, 3.8) is 0 Å². The fourth-order valence-corrected chi connectivity index (χ4v) is 0.673. The third-order valence-corrected chi connectivity index (χ3v) is 1.33. The van der Waals surface area contributed by atoms with Crippen molar-refractivity contribution in [1.29, 1.82) is 0 Å². The van der Waals surface area contributed by atoms with Crippen LogP contribution in [0.3, 0.4) is 0 Å². The molecule has 0 saturated heterocycles. The molecule has 0 amide bonds. The standard InChI is InChI=1S/C9H9NO3/c1-6(2)9(12)13-7-4-3-5-10-8(7)11/h3-5H,1H2,2H3,(H,10,11). The molecule has 0 radical (unpaired) electrons. The second kappa shape index (κ2) is 3.71. The summed E-state index contributed by atoms with van der Waals surface area (Å²) >= 11 is 0. The molecular formula is C9H9NO3. The van der Waals surface area contributed by atoms with Crippen molar-refractivity contribution in [3.05, 3.63) is 40.8 Å². The van der Waals surface area contributed by atoms with E-state index in [4.69, 9.17) is 4.74 Å². The third-order valence-electron chi connectivity index (χ3n) is 1.33. The van der Waals surface area contributed by atoms with Crippen LogP contribution < -0.4 is 10.3 Å². The molecule has 1 rings (SSSR count). The van der Waals surface area contributed by atoms with Crippen LogP contribution >= 0.6 is 0 Å². The maximum Gasteiger partial charge on any atom is 0.338 e. The van der Waals surface area contributed by atoms with Gasteiger partial charge in [0.15, 0.2) is 5.75 Å². The minimum Gasteiger partial charge on any atom is -0.417 e. The van der Waals surface area contributed by atoms with Crippen LogP contribution in [0.4, 0.5) is 0 Å². The lowest BCUT2D eigenvalue weighted by Crippen LogP contribution is -2.15. The van der Waals surface area contributed by atoms with E-state index in [1.807, 2.05) is 0 Å². The summed E-state index contributed by atoms with van der Waals surface area (Å²) in [4.78, 5) is 24.4. The van der Waals surface area contributed by atoms with Crippen molar-refractivity contribution in [2.45, 2.75) is 6.92 Å². The van der Waals surface area contributed by atoms with Gasteiger partial charge in [0.05, 0.1) is 0 Å². The van der Waals surface area contributed by atoms with Crippen molar-refractivity contribution in [1.82, 2.24) is 4.98 Å². The topological polar surface area (TPSA) is 59.2 Å². The van der Waals surface area contributed by atoms with E-state index >= 15 is 0 Å². The van der Waals surface area contributed by atoms with Gasteiger partial charge in [0.1, 0.15) is 0 Å². The molecule has 0 atom stereocenters. The van der Waals surface area contributed by atoms with Crippen LogP contribution in [0.2, 0.25) is 0 Å². The van der Waals surface area contributed by atoms with Crippen LogP contribution in [-0.2, 0) is 4.79 Å². The molecule has 4 nitrogen and oxygen atoms in total. The van der Waals surface area contributed by atoms with Crippen LogP contribution in [0.1, 0.15) is 6.92 Å². The maximum atomic E-state index is 11.0. The Morgan fingerprint density at radius 1 is 1.62 bits per heavy atom. The van der Waals surface area contributed by atoms with Gasteiger partial charge in [-0.15, -0.1) is 0 Å². The van der Waals surface area contributed by atoms with E-state index in [2.05, 4.69) is 11.6 Å². The highest BCUT2D eigenvalue weighted by Gasteiger charge is 2.07. The summed E-state index contributed by atoms with van der Waals surface area (Å²) in [5.41, 5.74) is -0.180. The second-order valence-corrected chi connectivity index (χ2v) is 2.53. The van der Waals surface area contributed by atoms with Crippen molar-refractivity contribution in [3.8, 4) is 5.75 Å². The highest BCUT2D eigenvalue weighted by molar-refractivity contribution is 5.88. The van der Waals surface area contributed by atoms with Crippen LogP contribution in [0.15, 0.2) is 35.3 Å². The molecule has 0 aromatic carbocycles. The minimum absolute atomic E-state index is 0.0181. The molecule has 0 aliphatic carbocycles. The predicted molar refractivity (Wildman–Crippen MR) is 47.5 cm³/mol. The number of nitrogens with one attached hydrogen (secondary N) is 1. The van der Waals surface area contributed by atoms with E-state index in [9.17, 15) is 9.59 Å². The Morgan fingerprint density at radius 3 is 2.85 bits per heavy atom. The zero-order valence-electron chi connectivity index (χ0n) is 7.16. The normalized spacial score (nSPS) is 9.31. The van der Waals surface area contributed by atoms with E-state index in [0.717, 1.165) is 0 Å². The summed E-state index contributed by atoms with van der Waals surface area (Å²) < 4.78 is 4.72. The summed E-state index contributed by atoms with van der Waals surface area (Å²) in [6.07, 6.45) is 1.46. The van der Waals surface area contributed by atoms with Crippen LogP contribution in [0.5, 0.6) is 5.75 Å². The average molecular weight is 179 g/mol. The quantitative estimate of drug-likeness (QED) is 0.541. The second-order valence-electron chi connectivity index (χ2n) is 2.53. The van der Waals surface area contributed by atoms with Gasteiger partial charge in [-0.05, 0) is 19.1 Å². The monoisotopic (exact) mass is 179 g/mol. The van der Waals surface area contributed by atoms with Gasteiger partial charge in [-0.1, -0.05) is 6.58 Å². The van der Waals surface area contributed by atoms with Crippen molar-refractivity contribution in [2.75, 3.05) is 0 Å². The Bertz CT molecular complexity index is 392. The number of carbonyl (C=O) groups is 1. The molecule has 0 aliphatic rings. The maximum absolute atomic E-state index is 11.0. The molecular weight excluding hydrogens is 170 g/mol. The highest BCUT2D eigenvalue weighted by Crippen LogP contribution is 2.02. The lowest BCUT2D eigenvalue weighted by molar-refractivity contribution is -0.130. The van der Waals surface area contributed by atoms with E-state index < -0.39 is 11.5 Å². The number of hydrogen-bond acceptors (Lipinski definition) is 3. The Kier molecular flexibility index (Phi) is 2.64. The van der Waals surface area contributed by atoms with Gasteiger partial charge in [0, 0.05) is 11.8 Å². The summed E-state index contributed by atoms with van der Waals surface area (Å²) in [7, 11) is 0. The number of pyridine rings is 1. The Labute approximate surface area is 74.9 Å². The van der Waals surface area contributed by atoms with Crippen LogP contribution in [0.25, 0.3) is 0 Å². The largest absolute Gasteiger partial charge is 0.417 e. The van der Waals surface area contributed by atoms with Crippen molar-refractivity contribution < 1.29 is 9.53 Å². The predicted octanol–water partition coefficient (Wildman–Crippen LogP) is 0.856. The van der Waals surface area contributed by atoms with E-state index in [1.165, 1.54) is 19.2 Å². The molecule has 0 fully saturated rings. The minimum atomic E-state index is -0.600. The number of aromatic nitrogens is 1. The number of hydrogen-bond donors (Lipinski definition) is 1. The van der Waals surface area contributed by atoms with Gasteiger partial charge in [0.25, 0.3) is 5.56 Å². The summed E-state index contributed by atoms with van der Waals surface area (Å²) in [6.45, 7) is 4.91. The molecule has 1 aromatic rings. The highest BCUT2D eigenvalue weighted by atomic mass is 16.5. The Morgan fingerprint density at radius 2 is 2.31 bits per heavy atom. The van der Waals surface area contributed by atoms with E-state index in [0.29, 0.717) is 0 Å². The first-order valence-electron chi connectivity index (χ1n) is 3.66. The first-order valence-corrected chi connectivity index (χ1v) is 3.66. The van der Waals surface area contributed by atoms with Crippen molar-refractivity contribution >= 4 is 5.97 Å². The molecule has 13 heavy (non-hydrogen) atoms. The first kappa shape index (κ1) is 9.25. The summed E-state index contributed by atoms with van der Waals surface area (Å²) in [5, 5.41) is 0. The smallest absolute Gasteiger partial charge is 0.338 e. The van der Waals surface area contributed by atoms with Gasteiger partial charge in [0.2, 0.25) is 0 Å². The molecule has 0 bridgehead atoms. The third kappa shape index (κ3) is 2.30. The SMILES string of the molecule is C=C(C)C(=O)Oc1ccc[nH]c1=O. The number of aromatic amines is 1. The zero-order chi connectivity index (χ0) is 9.84. The number of carbonyl (C=O) groups excluding carboxylic acids is 1. The number of rotatable bonds is 2.